The zero-order chi connectivity index (χ0) is 17.6. The smallest absolute Gasteiger partial charge is 0.255 e. The fourth-order valence-electron chi connectivity index (χ4n) is 2.28. The summed E-state index contributed by atoms with van der Waals surface area (Å²) < 4.78 is 12.1. The number of nitrogens with zero attached hydrogens (tertiary/aromatic N) is 4. The lowest BCUT2D eigenvalue weighted by Gasteiger charge is -2.08. The maximum atomic E-state index is 12.3. The Bertz CT molecular complexity index is 870. The first-order chi connectivity index (χ1) is 12.2. The number of amides is 1. The number of carbonyl (C=O) groups excluding carboxylic acids is 1. The summed E-state index contributed by atoms with van der Waals surface area (Å²) in [6.45, 7) is 4.13. The van der Waals surface area contributed by atoms with Gasteiger partial charge in [-0.3, -0.25) is 4.79 Å². The molecule has 0 radical (unpaired) electrons. The van der Waals surface area contributed by atoms with Gasteiger partial charge in [0.1, 0.15) is 5.69 Å². The second-order valence-corrected chi connectivity index (χ2v) is 5.07. The SMILES string of the molecule is C=CCNC(=O)c1cnn(-c2nccc(-c3ccco3)n2)c1COC. The first-order valence-electron chi connectivity index (χ1n) is 7.56. The van der Waals surface area contributed by atoms with Crippen molar-refractivity contribution in [2.24, 2.45) is 0 Å². The van der Waals surface area contributed by atoms with Crippen LogP contribution in [0.4, 0.5) is 0 Å². The molecular formula is C17H17N5O3. The fraction of sp³-hybridized carbons (Fsp3) is 0.176. The Morgan fingerprint density at radius 2 is 2.36 bits per heavy atom. The molecule has 0 bridgehead atoms. The molecule has 25 heavy (non-hydrogen) atoms. The maximum absolute atomic E-state index is 12.3. The highest BCUT2D eigenvalue weighted by Gasteiger charge is 2.19. The third kappa shape index (κ3) is 3.48. The van der Waals surface area contributed by atoms with Crippen molar-refractivity contribution in [1.82, 2.24) is 25.1 Å². The maximum Gasteiger partial charge on any atom is 0.255 e. The summed E-state index contributed by atoms with van der Waals surface area (Å²) in [6.07, 6.45) is 6.25. The monoisotopic (exact) mass is 339 g/mol. The average molecular weight is 339 g/mol. The quantitative estimate of drug-likeness (QED) is 0.661. The summed E-state index contributed by atoms with van der Waals surface area (Å²) in [7, 11) is 1.54. The van der Waals surface area contributed by atoms with Crippen molar-refractivity contribution in [2.75, 3.05) is 13.7 Å². The number of carbonyl (C=O) groups is 1. The summed E-state index contributed by atoms with van der Waals surface area (Å²) in [6, 6.07) is 5.32. The van der Waals surface area contributed by atoms with Crippen LogP contribution in [0.15, 0.2) is 53.9 Å². The highest BCUT2D eigenvalue weighted by atomic mass is 16.5. The van der Waals surface area contributed by atoms with Crippen LogP contribution in [-0.4, -0.2) is 39.3 Å². The standard InChI is InChI=1S/C17H17N5O3/c1-3-7-18-16(23)12-10-20-22(14(12)11-24-2)17-19-8-6-13(21-17)15-5-4-9-25-15/h3-6,8-10H,1,7,11H2,2H3,(H,18,23). The Morgan fingerprint density at radius 1 is 1.48 bits per heavy atom. The van der Waals surface area contributed by atoms with Gasteiger partial charge in [-0.1, -0.05) is 6.08 Å². The molecule has 3 aromatic rings. The van der Waals surface area contributed by atoms with Crippen LogP contribution in [0.3, 0.4) is 0 Å². The van der Waals surface area contributed by atoms with E-state index in [1.165, 1.54) is 10.9 Å². The van der Waals surface area contributed by atoms with Crippen LogP contribution in [0.5, 0.6) is 0 Å². The lowest BCUT2D eigenvalue weighted by Crippen LogP contribution is -2.24. The van der Waals surface area contributed by atoms with E-state index in [1.807, 2.05) is 0 Å². The van der Waals surface area contributed by atoms with Crippen molar-refractivity contribution < 1.29 is 13.9 Å². The summed E-state index contributed by atoms with van der Waals surface area (Å²) in [5, 5.41) is 6.98. The molecule has 128 valence electrons. The van der Waals surface area contributed by atoms with Gasteiger partial charge in [0.2, 0.25) is 0 Å². The van der Waals surface area contributed by atoms with Crippen molar-refractivity contribution in [3.05, 3.63) is 60.8 Å². The second kappa shape index (κ2) is 7.54. The molecule has 0 aliphatic carbocycles. The lowest BCUT2D eigenvalue weighted by atomic mass is 10.2. The van der Waals surface area contributed by atoms with Crippen molar-refractivity contribution in [3.8, 4) is 17.4 Å². The van der Waals surface area contributed by atoms with Gasteiger partial charge in [0, 0.05) is 19.9 Å². The average Bonchev–Trinajstić information content (AvgIpc) is 3.30. The van der Waals surface area contributed by atoms with E-state index in [0.717, 1.165) is 0 Å². The summed E-state index contributed by atoms with van der Waals surface area (Å²) in [5.41, 5.74) is 1.57. The van der Waals surface area contributed by atoms with Gasteiger partial charge in [-0.25, -0.2) is 9.97 Å². The third-order valence-corrected chi connectivity index (χ3v) is 3.41. The van der Waals surface area contributed by atoms with Gasteiger partial charge in [0.15, 0.2) is 5.76 Å². The van der Waals surface area contributed by atoms with Crippen LogP contribution in [0.1, 0.15) is 16.1 Å². The highest BCUT2D eigenvalue weighted by molar-refractivity contribution is 5.95. The molecule has 0 saturated heterocycles. The molecule has 0 unspecified atom stereocenters. The molecule has 3 heterocycles. The summed E-state index contributed by atoms with van der Waals surface area (Å²) in [5.74, 6) is 0.678. The number of rotatable bonds is 7. The van der Waals surface area contributed by atoms with E-state index in [1.54, 1.807) is 43.8 Å². The highest BCUT2D eigenvalue weighted by Crippen LogP contribution is 2.19. The van der Waals surface area contributed by atoms with Crippen LogP contribution >= 0.6 is 0 Å². The number of methoxy groups -OCH3 is 1. The predicted octanol–water partition coefficient (Wildman–Crippen LogP) is 1.98. The van der Waals surface area contributed by atoms with Gasteiger partial charge in [0.05, 0.1) is 30.3 Å². The Hall–Kier alpha value is -3.26. The molecule has 0 aliphatic rings. The number of hydrogen-bond donors (Lipinski definition) is 1. The molecule has 0 atom stereocenters. The van der Waals surface area contributed by atoms with Crippen molar-refractivity contribution in [2.45, 2.75) is 6.61 Å². The van der Waals surface area contributed by atoms with Gasteiger partial charge in [-0.2, -0.15) is 9.78 Å². The lowest BCUT2D eigenvalue weighted by molar-refractivity contribution is 0.0952. The van der Waals surface area contributed by atoms with E-state index in [4.69, 9.17) is 9.15 Å². The van der Waals surface area contributed by atoms with Gasteiger partial charge in [-0.15, -0.1) is 6.58 Å². The molecule has 8 nitrogen and oxygen atoms in total. The van der Waals surface area contributed by atoms with Crippen molar-refractivity contribution >= 4 is 5.91 Å². The largest absolute Gasteiger partial charge is 0.463 e. The van der Waals surface area contributed by atoms with Crippen LogP contribution in [0, 0.1) is 0 Å². The van der Waals surface area contributed by atoms with E-state index >= 15 is 0 Å². The van der Waals surface area contributed by atoms with Crippen LogP contribution in [0.2, 0.25) is 0 Å². The molecule has 3 rings (SSSR count). The predicted molar refractivity (Wildman–Crippen MR) is 90.1 cm³/mol. The van der Waals surface area contributed by atoms with E-state index < -0.39 is 0 Å². The van der Waals surface area contributed by atoms with E-state index in [9.17, 15) is 4.79 Å². The minimum atomic E-state index is -0.264. The number of ether oxygens (including phenoxy) is 1. The molecule has 1 amide bonds. The van der Waals surface area contributed by atoms with Crippen LogP contribution in [0.25, 0.3) is 17.4 Å². The van der Waals surface area contributed by atoms with Gasteiger partial charge >= 0.3 is 0 Å². The molecule has 0 aliphatic heterocycles. The van der Waals surface area contributed by atoms with Crippen molar-refractivity contribution in [3.63, 3.8) is 0 Å². The minimum absolute atomic E-state index is 0.186. The van der Waals surface area contributed by atoms with Gasteiger partial charge in [-0.05, 0) is 18.2 Å². The Morgan fingerprint density at radius 3 is 3.08 bits per heavy atom. The Labute approximate surface area is 144 Å². The zero-order valence-electron chi connectivity index (χ0n) is 13.7. The normalized spacial score (nSPS) is 10.6. The topological polar surface area (TPSA) is 95.1 Å². The van der Waals surface area contributed by atoms with E-state index in [0.29, 0.717) is 35.2 Å². The zero-order valence-corrected chi connectivity index (χ0v) is 13.7. The van der Waals surface area contributed by atoms with E-state index in [2.05, 4.69) is 27.0 Å². The second-order valence-electron chi connectivity index (χ2n) is 5.07. The molecule has 0 saturated carbocycles. The first kappa shape index (κ1) is 16.6. The van der Waals surface area contributed by atoms with Crippen LogP contribution < -0.4 is 5.32 Å². The van der Waals surface area contributed by atoms with E-state index in [-0.39, 0.29) is 12.5 Å². The first-order valence-corrected chi connectivity index (χ1v) is 7.56. The number of furan rings is 1. The minimum Gasteiger partial charge on any atom is -0.463 e. The van der Waals surface area contributed by atoms with Gasteiger partial charge < -0.3 is 14.5 Å². The van der Waals surface area contributed by atoms with Crippen LogP contribution in [-0.2, 0) is 11.3 Å². The number of aromatic nitrogens is 4. The molecule has 0 spiro atoms. The molecule has 1 N–H and O–H groups in total. The summed E-state index contributed by atoms with van der Waals surface area (Å²) >= 11 is 0. The number of hydrogen-bond acceptors (Lipinski definition) is 6. The molecule has 3 aromatic heterocycles. The Balaban J connectivity index is 1.99. The van der Waals surface area contributed by atoms with Crippen molar-refractivity contribution in [1.29, 1.82) is 0 Å². The van der Waals surface area contributed by atoms with Gasteiger partial charge in [0.25, 0.3) is 11.9 Å². The molecular weight excluding hydrogens is 322 g/mol. The molecule has 8 heteroatoms. The third-order valence-electron chi connectivity index (χ3n) is 3.41. The molecule has 0 aromatic carbocycles. The summed E-state index contributed by atoms with van der Waals surface area (Å²) in [4.78, 5) is 21.0. The Kier molecular flexibility index (Phi) is 5.00. The number of nitrogens with one attached hydrogen (secondary N) is 1. The molecule has 0 fully saturated rings. The fourth-order valence-corrected chi connectivity index (χ4v) is 2.28.